The third-order valence-corrected chi connectivity index (χ3v) is 2.10. The zero-order chi connectivity index (χ0) is 11.6. The Morgan fingerprint density at radius 1 is 1.40 bits per heavy atom. The highest BCUT2D eigenvalue weighted by Crippen LogP contribution is 2.32. The number of alkyl halides is 1. The summed E-state index contributed by atoms with van der Waals surface area (Å²) in [4.78, 5) is 2.10. The van der Waals surface area contributed by atoms with Crippen molar-refractivity contribution in [3.8, 4) is 0 Å². The fourth-order valence-corrected chi connectivity index (χ4v) is 1.26. The van der Waals surface area contributed by atoms with E-state index in [2.05, 4.69) is 14.8 Å². The Hall–Kier alpha value is -0.960. The standard InChI is InChI=1S/C6H10FN3O5/c7-6(9-10-8)5(14)4(13)3(12)2(1-11)15-6/h2-5,11-14H,1H2/t2-,3-,4+,5-,6?/m1/s1/i7-1. The smallest absolute Gasteiger partial charge is 0.318 e. The summed E-state index contributed by atoms with van der Waals surface area (Å²) in [5.41, 5.74) is 8.03. The highest BCUT2D eigenvalue weighted by Gasteiger charge is 2.54. The Kier molecular flexibility index (Phi) is 3.45. The zero-order valence-electron chi connectivity index (χ0n) is 7.43. The molecular formula is C6H10FN3O5. The van der Waals surface area contributed by atoms with Crippen molar-refractivity contribution in [2.45, 2.75) is 30.4 Å². The van der Waals surface area contributed by atoms with E-state index in [-0.39, 0.29) is 0 Å². The van der Waals surface area contributed by atoms with Gasteiger partial charge in [0, 0.05) is 4.91 Å². The second-order valence-corrected chi connectivity index (χ2v) is 3.06. The van der Waals surface area contributed by atoms with Crippen molar-refractivity contribution in [1.82, 2.24) is 0 Å². The molecule has 1 unspecified atom stereocenters. The second kappa shape index (κ2) is 4.27. The molecule has 0 aromatic rings. The lowest BCUT2D eigenvalue weighted by Crippen LogP contribution is -2.62. The van der Waals surface area contributed by atoms with E-state index in [0.29, 0.717) is 0 Å². The molecule has 0 radical (unpaired) electrons. The molecular weight excluding hydrogens is 212 g/mol. The predicted molar refractivity (Wildman–Crippen MR) is 43.0 cm³/mol. The molecule has 1 fully saturated rings. The number of halogens is 1. The molecule has 0 bridgehead atoms. The molecule has 0 aromatic carbocycles. The Balaban J connectivity index is 2.97. The lowest BCUT2D eigenvalue weighted by atomic mass is 9.97. The monoisotopic (exact) mass is 222 g/mol. The summed E-state index contributed by atoms with van der Waals surface area (Å²) in [6.45, 7) is -0.794. The van der Waals surface area contributed by atoms with Crippen LogP contribution in [0.25, 0.3) is 10.4 Å². The fraction of sp³-hybridized carbons (Fsp3) is 1.00. The van der Waals surface area contributed by atoms with Gasteiger partial charge in [-0.3, -0.25) is 0 Å². The normalized spacial score (nSPS) is 45.9. The van der Waals surface area contributed by atoms with Crippen LogP contribution in [-0.4, -0.2) is 57.4 Å². The van der Waals surface area contributed by atoms with Gasteiger partial charge in [0.25, 0.3) is 0 Å². The van der Waals surface area contributed by atoms with Gasteiger partial charge in [-0.05, 0) is 10.6 Å². The van der Waals surface area contributed by atoms with Crippen LogP contribution >= 0.6 is 0 Å². The molecule has 1 heterocycles. The lowest BCUT2D eigenvalue weighted by Gasteiger charge is -2.41. The molecule has 0 amide bonds. The van der Waals surface area contributed by atoms with Crippen molar-refractivity contribution in [1.29, 1.82) is 0 Å². The van der Waals surface area contributed by atoms with Gasteiger partial charge in [-0.25, -0.2) is 4.39 Å². The van der Waals surface area contributed by atoms with Crippen molar-refractivity contribution < 1.29 is 29.6 Å². The van der Waals surface area contributed by atoms with Crippen LogP contribution in [0.15, 0.2) is 5.11 Å². The molecule has 0 spiro atoms. The van der Waals surface area contributed by atoms with E-state index in [0.717, 1.165) is 0 Å². The minimum Gasteiger partial charge on any atom is -0.394 e. The molecule has 0 saturated carbocycles. The van der Waals surface area contributed by atoms with Gasteiger partial charge in [-0.2, -0.15) is 0 Å². The van der Waals surface area contributed by atoms with Crippen LogP contribution in [0.2, 0.25) is 0 Å². The molecule has 86 valence electrons. The summed E-state index contributed by atoms with van der Waals surface area (Å²) in [5, 5.41) is 38.8. The first-order valence-corrected chi connectivity index (χ1v) is 4.04. The number of rotatable bonds is 2. The van der Waals surface area contributed by atoms with Gasteiger partial charge in [0.05, 0.1) is 6.61 Å². The van der Waals surface area contributed by atoms with Gasteiger partial charge < -0.3 is 25.2 Å². The Morgan fingerprint density at radius 3 is 2.47 bits per heavy atom. The number of hydrogen-bond donors (Lipinski definition) is 4. The highest BCUT2D eigenvalue weighted by molar-refractivity contribution is 4.95. The first kappa shape index (κ1) is 12.1. The maximum Gasteiger partial charge on any atom is 0.318 e. The van der Waals surface area contributed by atoms with Crippen LogP contribution in [0, 0.1) is 0 Å². The van der Waals surface area contributed by atoms with Crippen LogP contribution in [-0.2, 0) is 4.74 Å². The van der Waals surface area contributed by atoms with E-state index < -0.39 is 37.0 Å². The third-order valence-electron chi connectivity index (χ3n) is 2.10. The van der Waals surface area contributed by atoms with Gasteiger partial charge in [0.2, 0.25) is 0 Å². The third kappa shape index (κ3) is 2.02. The molecule has 4 N–H and O–H groups in total. The minimum atomic E-state index is -3.19. The first-order valence-electron chi connectivity index (χ1n) is 4.04. The number of hydrogen-bond acceptors (Lipinski definition) is 6. The van der Waals surface area contributed by atoms with E-state index in [1.54, 1.807) is 0 Å². The van der Waals surface area contributed by atoms with Crippen molar-refractivity contribution in [2.75, 3.05) is 6.61 Å². The number of aliphatic hydroxyl groups excluding tert-OH is 4. The SMILES string of the molecule is [N-]=[N+]=NC1([18F])O[C@H](CO)[C@@H](O)[C@H](O)[C@H]1O. The highest BCUT2D eigenvalue weighted by atomic mass is 18.2. The minimum absolute atomic E-state index is 0.794. The van der Waals surface area contributed by atoms with E-state index >= 15 is 0 Å². The molecule has 9 heteroatoms. The maximum absolute atomic E-state index is 13.6. The number of aliphatic hydroxyl groups is 4. The molecule has 8 nitrogen and oxygen atoms in total. The summed E-state index contributed by atoms with van der Waals surface area (Å²) >= 11 is 0. The molecule has 0 aromatic heterocycles. The molecule has 1 rings (SSSR count). The Morgan fingerprint density at radius 2 is 2.00 bits per heavy atom. The average Bonchev–Trinajstić information content (AvgIpc) is 2.21. The number of nitrogens with zero attached hydrogens (tertiary/aromatic N) is 3. The Bertz CT molecular complexity index is 284. The van der Waals surface area contributed by atoms with E-state index in [9.17, 15) is 14.6 Å². The molecule has 0 aliphatic carbocycles. The summed E-state index contributed by atoms with van der Waals surface area (Å²) in [7, 11) is 0. The van der Waals surface area contributed by atoms with Gasteiger partial charge in [-0.15, -0.1) is 0 Å². The average molecular weight is 222 g/mol. The predicted octanol–water partition coefficient (Wildman–Crippen LogP) is -1.61. The first-order chi connectivity index (χ1) is 6.96. The van der Waals surface area contributed by atoms with Crippen molar-refractivity contribution >= 4 is 0 Å². The molecule has 5 atom stereocenters. The van der Waals surface area contributed by atoms with E-state index in [1.165, 1.54) is 0 Å². The van der Waals surface area contributed by atoms with Crippen LogP contribution in [0.3, 0.4) is 0 Å². The number of ether oxygens (including phenoxy) is 1. The molecule has 1 saturated heterocycles. The largest absolute Gasteiger partial charge is 0.394 e. The summed E-state index contributed by atoms with van der Waals surface area (Å²) in [6.07, 6.45) is -7.26. The van der Waals surface area contributed by atoms with Crippen LogP contribution in [0.4, 0.5) is 4.39 Å². The second-order valence-electron chi connectivity index (χ2n) is 3.06. The summed E-state index contributed by atoms with van der Waals surface area (Å²) < 4.78 is 17.9. The number of azide groups is 1. The van der Waals surface area contributed by atoms with Gasteiger partial charge in [-0.1, -0.05) is 0 Å². The Labute approximate surface area is 83.1 Å². The zero-order valence-corrected chi connectivity index (χ0v) is 7.43. The molecule has 15 heavy (non-hydrogen) atoms. The van der Waals surface area contributed by atoms with E-state index in [1.807, 2.05) is 0 Å². The molecule has 1 aliphatic heterocycles. The van der Waals surface area contributed by atoms with Crippen molar-refractivity contribution in [3.63, 3.8) is 0 Å². The van der Waals surface area contributed by atoms with Crippen LogP contribution < -0.4 is 0 Å². The lowest BCUT2D eigenvalue weighted by molar-refractivity contribution is -0.317. The van der Waals surface area contributed by atoms with Gasteiger partial charge in [0.1, 0.15) is 24.4 Å². The van der Waals surface area contributed by atoms with Crippen LogP contribution in [0.5, 0.6) is 0 Å². The van der Waals surface area contributed by atoms with Crippen molar-refractivity contribution in [2.24, 2.45) is 5.11 Å². The van der Waals surface area contributed by atoms with E-state index in [4.69, 9.17) is 15.7 Å². The topological polar surface area (TPSA) is 139 Å². The quantitative estimate of drug-likeness (QED) is 0.193. The molecule has 1 aliphatic rings. The summed E-state index contributed by atoms with van der Waals surface area (Å²) in [6, 6.07) is 0. The summed E-state index contributed by atoms with van der Waals surface area (Å²) in [5.74, 6) is -3.19. The fourth-order valence-electron chi connectivity index (χ4n) is 1.26. The maximum atomic E-state index is 13.6. The van der Waals surface area contributed by atoms with Gasteiger partial charge in [0.15, 0.2) is 0 Å². The van der Waals surface area contributed by atoms with Gasteiger partial charge >= 0.3 is 5.98 Å². The van der Waals surface area contributed by atoms with Crippen molar-refractivity contribution in [3.05, 3.63) is 10.4 Å². The van der Waals surface area contributed by atoms with Crippen LogP contribution in [0.1, 0.15) is 0 Å².